The van der Waals surface area contributed by atoms with E-state index in [-0.39, 0.29) is 53.2 Å². The number of benzene rings is 3. The predicted octanol–water partition coefficient (Wildman–Crippen LogP) is 5.96. The van der Waals surface area contributed by atoms with Gasteiger partial charge in [-0.05, 0) is 48.5 Å². The van der Waals surface area contributed by atoms with Gasteiger partial charge in [-0.3, -0.25) is 5.41 Å². The van der Waals surface area contributed by atoms with Gasteiger partial charge in [0.2, 0.25) is 17.4 Å². The van der Waals surface area contributed by atoms with E-state index >= 15 is 8.78 Å². The van der Waals surface area contributed by atoms with Gasteiger partial charge in [0.1, 0.15) is 24.0 Å². The Kier molecular flexibility index (Phi) is 11.6. The van der Waals surface area contributed by atoms with Crippen LogP contribution in [0.1, 0.15) is 15.9 Å². The molecule has 0 radical (unpaired) electrons. The standard InChI is InChI=1S/C35H33F2N5O9/c1-42-12-11-40-32(42)21-5-4-6-23(17-21)49-33-28(36)30(29(37)34(41-33)51-26-18-20(31(38)39)7-9-24(26)43)50-25-10-8-22(19-27(25)46-3)35(44)48-16-15-47-14-13-45-2/h4-12,17-19,43H,13-16H2,1-3H3,(H3,38,39). The number of pyridine rings is 1. The highest BCUT2D eigenvalue weighted by Gasteiger charge is 2.28. The molecule has 0 amide bonds. The normalized spacial score (nSPS) is 10.8. The molecule has 266 valence electrons. The Labute approximate surface area is 290 Å². The molecule has 0 aliphatic heterocycles. The van der Waals surface area contributed by atoms with Gasteiger partial charge in [-0.25, -0.2) is 9.78 Å². The number of hydrogen-bond donors (Lipinski definition) is 3. The monoisotopic (exact) mass is 705 g/mol. The summed E-state index contributed by atoms with van der Waals surface area (Å²) < 4.78 is 71.8. The molecule has 0 bridgehead atoms. The molecular formula is C35H33F2N5O9. The highest BCUT2D eigenvalue weighted by molar-refractivity contribution is 5.95. The molecule has 3 aromatic carbocycles. The smallest absolute Gasteiger partial charge is 0.338 e. The number of ether oxygens (including phenoxy) is 7. The van der Waals surface area contributed by atoms with Gasteiger partial charge in [-0.2, -0.15) is 13.8 Å². The van der Waals surface area contributed by atoms with Gasteiger partial charge in [0.25, 0.3) is 11.8 Å². The molecule has 0 saturated heterocycles. The zero-order valence-electron chi connectivity index (χ0n) is 27.6. The van der Waals surface area contributed by atoms with Crippen molar-refractivity contribution in [2.75, 3.05) is 40.6 Å². The average Bonchev–Trinajstić information content (AvgIpc) is 3.56. The number of rotatable bonds is 16. The van der Waals surface area contributed by atoms with E-state index in [0.29, 0.717) is 24.6 Å². The number of aromatic hydroxyl groups is 1. The summed E-state index contributed by atoms with van der Waals surface area (Å²) in [5, 5.41) is 18.1. The van der Waals surface area contributed by atoms with Crippen LogP contribution in [-0.4, -0.2) is 72.1 Å². The fourth-order valence-electron chi connectivity index (χ4n) is 4.54. The number of nitrogens with zero attached hydrogens (tertiary/aromatic N) is 3. The number of carbonyl (C=O) groups excluding carboxylic acids is 1. The van der Waals surface area contributed by atoms with Crippen LogP contribution in [0, 0.1) is 17.0 Å². The minimum absolute atomic E-state index is 0.0302. The number of aromatic nitrogens is 3. The maximum Gasteiger partial charge on any atom is 0.338 e. The fourth-order valence-corrected chi connectivity index (χ4v) is 4.54. The molecule has 51 heavy (non-hydrogen) atoms. The van der Waals surface area contributed by atoms with Crippen molar-refractivity contribution in [3.05, 3.63) is 95.8 Å². The van der Waals surface area contributed by atoms with Crippen LogP contribution in [0.4, 0.5) is 8.78 Å². The minimum Gasteiger partial charge on any atom is -0.504 e. The molecule has 0 aliphatic rings. The number of amidine groups is 1. The molecule has 2 aromatic heterocycles. The number of nitrogens with two attached hydrogens (primary N) is 1. The maximum absolute atomic E-state index is 16.2. The van der Waals surface area contributed by atoms with Gasteiger partial charge < -0.3 is 48.6 Å². The Balaban J connectivity index is 1.49. The van der Waals surface area contributed by atoms with Crippen molar-refractivity contribution >= 4 is 11.8 Å². The van der Waals surface area contributed by atoms with Crippen LogP contribution in [0.25, 0.3) is 11.4 Å². The molecule has 0 saturated carbocycles. The van der Waals surface area contributed by atoms with Crippen molar-refractivity contribution in [3.63, 3.8) is 0 Å². The van der Waals surface area contributed by atoms with Crippen molar-refractivity contribution in [1.82, 2.24) is 14.5 Å². The lowest BCUT2D eigenvalue weighted by Gasteiger charge is -2.17. The summed E-state index contributed by atoms with van der Waals surface area (Å²) in [6, 6.07) is 14.0. The van der Waals surface area contributed by atoms with Crippen molar-refractivity contribution in [3.8, 4) is 57.6 Å². The molecule has 16 heteroatoms. The summed E-state index contributed by atoms with van der Waals surface area (Å²) >= 11 is 0. The van der Waals surface area contributed by atoms with E-state index in [9.17, 15) is 9.90 Å². The second-order valence-corrected chi connectivity index (χ2v) is 10.6. The minimum atomic E-state index is -1.42. The van der Waals surface area contributed by atoms with Crippen molar-refractivity contribution in [2.45, 2.75) is 0 Å². The molecule has 5 aromatic rings. The molecule has 0 aliphatic carbocycles. The lowest BCUT2D eigenvalue weighted by molar-refractivity contribution is 0.0213. The van der Waals surface area contributed by atoms with Crippen LogP contribution in [0.2, 0.25) is 0 Å². The zero-order valence-corrected chi connectivity index (χ0v) is 27.6. The fraction of sp³-hybridized carbons (Fsp3) is 0.200. The summed E-state index contributed by atoms with van der Waals surface area (Å²) in [6.45, 7) is 0.838. The van der Waals surface area contributed by atoms with Crippen molar-refractivity contribution < 1.29 is 51.8 Å². The van der Waals surface area contributed by atoms with E-state index in [0.717, 1.165) is 0 Å². The first-order valence-corrected chi connectivity index (χ1v) is 15.2. The third kappa shape index (κ3) is 8.67. The lowest BCUT2D eigenvalue weighted by Crippen LogP contribution is -2.12. The Morgan fingerprint density at radius 3 is 2.31 bits per heavy atom. The molecule has 2 heterocycles. The zero-order chi connectivity index (χ0) is 36.5. The first-order chi connectivity index (χ1) is 24.6. The molecule has 14 nitrogen and oxygen atoms in total. The molecule has 0 spiro atoms. The van der Waals surface area contributed by atoms with Crippen LogP contribution in [0.3, 0.4) is 0 Å². The molecule has 0 atom stereocenters. The third-order valence-electron chi connectivity index (χ3n) is 7.09. The number of halogens is 2. The van der Waals surface area contributed by atoms with E-state index in [1.807, 2.05) is 0 Å². The summed E-state index contributed by atoms with van der Waals surface area (Å²) in [4.78, 5) is 20.8. The number of aryl methyl sites for hydroxylation is 1. The maximum atomic E-state index is 16.2. The van der Waals surface area contributed by atoms with Crippen LogP contribution >= 0.6 is 0 Å². The van der Waals surface area contributed by atoms with E-state index in [1.165, 1.54) is 56.7 Å². The second kappa shape index (κ2) is 16.4. The number of imidazole rings is 1. The summed E-state index contributed by atoms with van der Waals surface area (Å²) in [5.41, 5.74) is 6.40. The highest BCUT2D eigenvalue weighted by Crippen LogP contribution is 2.43. The number of nitrogens with one attached hydrogen (secondary N) is 1. The van der Waals surface area contributed by atoms with Crippen LogP contribution in [0.15, 0.2) is 73.1 Å². The Hall–Kier alpha value is -6.26. The quantitative estimate of drug-likeness (QED) is 0.0475. The van der Waals surface area contributed by atoms with E-state index in [4.69, 9.17) is 44.3 Å². The Morgan fingerprint density at radius 1 is 0.882 bits per heavy atom. The first-order valence-electron chi connectivity index (χ1n) is 15.2. The van der Waals surface area contributed by atoms with Crippen LogP contribution in [-0.2, 0) is 21.3 Å². The van der Waals surface area contributed by atoms with Gasteiger partial charge in [0, 0.05) is 37.7 Å². The molecule has 0 fully saturated rings. The third-order valence-corrected chi connectivity index (χ3v) is 7.09. The second-order valence-electron chi connectivity index (χ2n) is 10.6. The van der Waals surface area contributed by atoms with E-state index < -0.39 is 40.9 Å². The largest absolute Gasteiger partial charge is 0.504 e. The topological polar surface area (TPSA) is 182 Å². The number of nitrogen functional groups attached to an aromatic ring is 1. The number of carbonyl (C=O) groups is 1. The van der Waals surface area contributed by atoms with Crippen LogP contribution < -0.4 is 24.7 Å². The summed E-state index contributed by atoms with van der Waals surface area (Å²) in [7, 11) is 4.60. The first kappa shape index (κ1) is 36.0. The summed E-state index contributed by atoms with van der Waals surface area (Å²) in [5.74, 6) is -6.85. The Bertz CT molecular complexity index is 2040. The molecular weight excluding hydrogens is 672 g/mol. The van der Waals surface area contributed by atoms with Crippen LogP contribution in [0.5, 0.6) is 46.3 Å². The number of phenolic OH excluding ortho intramolecular Hbond substituents is 1. The highest BCUT2D eigenvalue weighted by atomic mass is 19.1. The summed E-state index contributed by atoms with van der Waals surface area (Å²) in [6.07, 6.45) is 3.36. The molecule has 0 unspecified atom stereocenters. The van der Waals surface area contributed by atoms with Gasteiger partial charge in [0.15, 0.2) is 23.0 Å². The number of hydrogen-bond acceptors (Lipinski definition) is 12. The number of esters is 1. The SMILES string of the molecule is COCCOCCOC(=O)c1ccc(Oc2c(F)c(Oc3cccc(-c4nccn4C)c3)nc(Oc3cc(C(=N)N)ccc3O)c2F)c(OC)c1. The van der Waals surface area contributed by atoms with Gasteiger partial charge in [-0.15, -0.1) is 0 Å². The lowest BCUT2D eigenvalue weighted by atomic mass is 10.2. The van der Waals surface area contributed by atoms with Gasteiger partial charge in [0.05, 0.1) is 32.5 Å². The average molecular weight is 706 g/mol. The van der Waals surface area contributed by atoms with Gasteiger partial charge >= 0.3 is 5.97 Å². The van der Waals surface area contributed by atoms with Crippen molar-refractivity contribution in [2.24, 2.45) is 12.8 Å². The van der Waals surface area contributed by atoms with E-state index in [2.05, 4.69) is 9.97 Å². The number of methoxy groups -OCH3 is 2. The molecule has 4 N–H and O–H groups in total. The van der Waals surface area contributed by atoms with Gasteiger partial charge in [-0.1, -0.05) is 12.1 Å². The Morgan fingerprint density at radius 2 is 1.61 bits per heavy atom. The van der Waals surface area contributed by atoms with Crippen molar-refractivity contribution in [1.29, 1.82) is 5.41 Å². The molecule has 5 rings (SSSR count). The van der Waals surface area contributed by atoms with E-state index in [1.54, 1.807) is 42.2 Å². The number of phenols is 1. The predicted molar refractivity (Wildman–Crippen MR) is 178 cm³/mol.